The number of amides is 2. The number of halogens is 3. The number of alkyl halides is 3. The summed E-state index contributed by atoms with van der Waals surface area (Å²) in [6.07, 6.45) is -5.52. The molecule has 0 spiro atoms. The van der Waals surface area contributed by atoms with Crippen LogP contribution in [0.1, 0.15) is 31.1 Å². The molecule has 0 saturated heterocycles. The van der Waals surface area contributed by atoms with Crippen LogP contribution in [0, 0.1) is 0 Å². The Morgan fingerprint density at radius 2 is 1.56 bits per heavy atom. The fourth-order valence-electron chi connectivity index (χ4n) is 2.30. The quantitative estimate of drug-likeness (QED) is 0.612. The van der Waals surface area contributed by atoms with Crippen LogP contribution in [0.3, 0.4) is 0 Å². The van der Waals surface area contributed by atoms with E-state index in [1.165, 1.54) is 30.3 Å². The van der Waals surface area contributed by atoms with E-state index in [1.54, 1.807) is 26.8 Å². The number of anilines is 2. The Bertz CT molecular complexity index is 969. The van der Waals surface area contributed by atoms with Crippen LogP contribution in [0.25, 0.3) is 0 Å². The standard InChI is InChI=1S/C21H21F3N2O6/c1-20(2,3)32-19(29)26-15-6-4-5-13(11-15)18(28)30-12-17(27)25-14-7-9-16(10-8-14)31-21(22,23)24/h4-11H,12H2,1-3H3,(H,25,27)(H,26,29). The Hall–Kier alpha value is -3.76. The van der Waals surface area contributed by atoms with Gasteiger partial charge in [-0.2, -0.15) is 0 Å². The highest BCUT2D eigenvalue weighted by atomic mass is 19.4. The van der Waals surface area contributed by atoms with Crippen LogP contribution < -0.4 is 15.4 Å². The summed E-state index contributed by atoms with van der Waals surface area (Å²) >= 11 is 0. The molecular weight excluding hydrogens is 433 g/mol. The molecule has 0 aliphatic rings. The molecule has 0 radical (unpaired) electrons. The second-order valence-electron chi connectivity index (χ2n) is 7.40. The molecule has 11 heteroatoms. The third kappa shape index (κ3) is 8.94. The van der Waals surface area contributed by atoms with Crippen molar-refractivity contribution in [3.8, 4) is 5.75 Å². The van der Waals surface area contributed by atoms with Gasteiger partial charge in [0.2, 0.25) is 0 Å². The molecule has 0 saturated carbocycles. The highest BCUT2D eigenvalue weighted by Gasteiger charge is 2.31. The minimum Gasteiger partial charge on any atom is -0.452 e. The van der Waals surface area contributed by atoms with Gasteiger partial charge in [0.1, 0.15) is 11.4 Å². The van der Waals surface area contributed by atoms with Crippen molar-refractivity contribution in [3.05, 3.63) is 54.1 Å². The van der Waals surface area contributed by atoms with E-state index >= 15 is 0 Å². The maximum atomic E-state index is 12.2. The lowest BCUT2D eigenvalue weighted by Crippen LogP contribution is -2.27. The van der Waals surface area contributed by atoms with E-state index in [4.69, 9.17) is 9.47 Å². The molecule has 2 rings (SSSR count). The predicted molar refractivity (Wildman–Crippen MR) is 108 cm³/mol. The number of esters is 1. The molecular formula is C21H21F3N2O6. The first-order chi connectivity index (χ1) is 14.8. The van der Waals surface area contributed by atoms with Crippen LogP contribution in [0.4, 0.5) is 29.3 Å². The molecule has 0 bridgehead atoms. The molecule has 0 heterocycles. The topological polar surface area (TPSA) is 103 Å². The fourth-order valence-corrected chi connectivity index (χ4v) is 2.30. The Morgan fingerprint density at radius 3 is 2.16 bits per heavy atom. The van der Waals surface area contributed by atoms with E-state index in [0.717, 1.165) is 12.1 Å². The number of ether oxygens (including phenoxy) is 3. The zero-order valence-electron chi connectivity index (χ0n) is 17.4. The number of carbonyl (C=O) groups excluding carboxylic acids is 3. The summed E-state index contributed by atoms with van der Waals surface area (Å²) in [6, 6.07) is 10.3. The average Bonchev–Trinajstić information content (AvgIpc) is 2.65. The summed E-state index contributed by atoms with van der Waals surface area (Å²) in [7, 11) is 0. The molecule has 0 unspecified atom stereocenters. The van der Waals surface area contributed by atoms with E-state index in [1.807, 2.05) is 0 Å². The molecule has 8 nitrogen and oxygen atoms in total. The number of carbonyl (C=O) groups is 3. The largest absolute Gasteiger partial charge is 0.573 e. The summed E-state index contributed by atoms with van der Waals surface area (Å²) in [4.78, 5) is 35.9. The lowest BCUT2D eigenvalue weighted by atomic mass is 10.2. The lowest BCUT2D eigenvalue weighted by Gasteiger charge is -2.19. The van der Waals surface area contributed by atoms with Crippen molar-refractivity contribution in [2.75, 3.05) is 17.2 Å². The highest BCUT2D eigenvalue weighted by Crippen LogP contribution is 2.24. The van der Waals surface area contributed by atoms with Crippen LogP contribution >= 0.6 is 0 Å². The summed E-state index contributed by atoms with van der Waals surface area (Å²) in [5, 5.41) is 4.85. The molecule has 0 aromatic heterocycles. The molecule has 172 valence electrons. The zero-order chi connectivity index (χ0) is 23.9. The van der Waals surface area contributed by atoms with Crippen molar-refractivity contribution in [3.63, 3.8) is 0 Å². The van der Waals surface area contributed by atoms with Crippen LogP contribution in [0.15, 0.2) is 48.5 Å². The van der Waals surface area contributed by atoms with Gasteiger partial charge in [0.05, 0.1) is 5.56 Å². The van der Waals surface area contributed by atoms with Gasteiger partial charge in [-0.1, -0.05) is 6.07 Å². The van der Waals surface area contributed by atoms with Crippen molar-refractivity contribution >= 4 is 29.3 Å². The van der Waals surface area contributed by atoms with Crippen LogP contribution in [-0.4, -0.2) is 36.5 Å². The van der Waals surface area contributed by atoms with Crippen molar-refractivity contribution < 1.29 is 41.8 Å². The maximum absolute atomic E-state index is 12.2. The Balaban J connectivity index is 1.87. The molecule has 2 N–H and O–H groups in total. The predicted octanol–water partition coefficient (Wildman–Crippen LogP) is 4.73. The van der Waals surface area contributed by atoms with Gasteiger partial charge in [-0.15, -0.1) is 13.2 Å². The van der Waals surface area contributed by atoms with Gasteiger partial charge in [0.25, 0.3) is 5.91 Å². The van der Waals surface area contributed by atoms with Gasteiger partial charge >= 0.3 is 18.4 Å². The Morgan fingerprint density at radius 1 is 0.906 bits per heavy atom. The van der Waals surface area contributed by atoms with Crippen LogP contribution in [-0.2, 0) is 14.3 Å². The number of hydrogen-bond donors (Lipinski definition) is 2. The molecule has 2 aromatic rings. The van der Waals surface area contributed by atoms with Gasteiger partial charge < -0.3 is 19.5 Å². The smallest absolute Gasteiger partial charge is 0.452 e. The first-order valence-corrected chi connectivity index (χ1v) is 9.23. The SMILES string of the molecule is CC(C)(C)OC(=O)Nc1cccc(C(=O)OCC(=O)Nc2ccc(OC(F)(F)F)cc2)c1. The van der Waals surface area contributed by atoms with Gasteiger partial charge in [0, 0.05) is 11.4 Å². The second kappa shape index (κ2) is 10.0. The number of rotatable bonds is 6. The Kier molecular flexibility index (Phi) is 7.68. The average molecular weight is 454 g/mol. The summed E-state index contributed by atoms with van der Waals surface area (Å²) in [5.74, 6) is -1.96. The fraction of sp³-hybridized carbons (Fsp3) is 0.286. The van der Waals surface area contributed by atoms with Crippen molar-refractivity contribution in [1.82, 2.24) is 0 Å². The van der Waals surface area contributed by atoms with Gasteiger partial charge in [0.15, 0.2) is 6.61 Å². The third-order valence-electron chi connectivity index (χ3n) is 3.45. The number of nitrogens with one attached hydrogen (secondary N) is 2. The molecule has 0 aliphatic heterocycles. The van der Waals surface area contributed by atoms with E-state index in [0.29, 0.717) is 5.69 Å². The monoisotopic (exact) mass is 454 g/mol. The molecule has 0 atom stereocenters. The Labute approximate surface area is 181 Å². The van der Waals surface area contributed by atoms with E-state index < -0.39 is 42.3 Å². The second-order valence-corrected chi connectivity index (χ2v) is 7.40. The van der Waals surface area contributed by atoms with Crippen molar-refractivity contribution in [2.24, 2.45) is 0 Å². The minimum atomic E-state index is -4.82. The van der Waals surface area contributed by atoms with Gasteiger partial charge in [-0.3, -0.25) is 10.1 Å². The van der Waals surface area contributed by atoms with E-state index in [-0.39, 0.29) is 11.3 Å². The zero-order valence-corrected chi connectivity index (χ0v) is 17.4. The van der Waals surface area contributed by atoms with Gasteiger partial charge in [-0.05, 0) is 63.2 Å². The summed E-state index contributed by atoms with van der Waals surface area (Å²) in [5.41, 5.74) is -0.136. The normalized spacial score (nSPS) is 11.3. The summed E-state index contributed by atoms with van der Waals surface area (Å²) in [6.45, 7) is 4.48. The third-order valence-corrected chi connectivity index (χ3v) is 3.45. The van der Waals surface area contributed by atoms with Crippen molar-refractivity contribution in [2.45, 2.75) is 32.7 Å². The van der Waals surface area contributed by atoms with E-state index in [2.05, 4.69) is 15.4 Å². The van der Waals surface area contributed by atoms with E-state index in [9.17, 15) is 27.6 Å². The number of hydrogen-bond acceptors (Lipinski definition) is 6. The van der Waals surface area contributed by atoms with Crippen LogP contribution in [0.5, 0.6) is 5.75 Å². The molecule has 0 aliphatic carbocycles. The molecule has 32 heavy (non-hydrogen) atoms. The minimum absolute atomic E-state index is 0.0833. The molecule has 2 aromatic carbocycles. The first-order valence-electron chi connectivity index (χ1n) is 9.23. The highest BCUT2D eigenvalue weighted by molar-refractivity contribution is 5.96. The van der Waals surface area contributed by atoms with Crippen molar-refractivity contribution in [1.29, 1.82) is 0 Å². The number of benzene rings is 2. The lowest BCUT2D eigenvalue weighted by molar-refractivity contribution is -0.274. The maximum Gasteiger partial charge on any atom is 0.573 e. The molecule has 0 fully saturated rings. The molecule has 2 amide bonds. The van der Waals surface area contributed by atoms with Gasteiger partial charge in [-0.25, -0.2) is 9.59 Å². The van der Waals surface area contributed by atoms with Crippen LogP contribution in [0.2, 0.25) is 0 Å². The first kappa shape index (κ1) is 24.5. The summed E-state index contributed by atoms with van der Waals surface area (Å²) < 4.78 is 50.2.